The third kappa shape index (κ3) is 4.95. The number of hydrogen-bond donors (Lipinski definition) is 2. The van der Waals surface area contributed by atoms with Crippen molar-refractivity contribution in [1.29, 1.82) is 0 Å². The molecule has 0 spiro atoms. The molecule has 1 fully saturated rings. The molecule has 7 heteroatoms. The Hall–Kier alpha value is -1.60. The number of piperidine rings is 1. The van der Waals surface area contributed by atoms with Crippen molar-refractivity contribution in [2.24, 2.45) is 5.92 Å². The standard InChI is InChI=1S/C17H25BrN6.CH4/c1-12-11-24(17-20-16(19)21-22-17)10-8-15(12)23(2)9-7-13-3-5-14(18)6-4-13;/h3-6,12,15H,7-11H2,1-2H3,(H3,19,20,21,22);1H4. The van der Waals surface area contributed by atoms with Crippen molar-refractivity contribution in [1.82, 2.24) is 20.1 Å². The molecule has 3 N–H and O–H groups in total. The van der Waals surface area contributed by atoms with Crippen molar-refractivity contribution < 1.29 is 0 Å². The highest BCUT2D eigenvalue weighted by Crippen LogP contribution is 2.24. The lowest BCUT2D eigenvalue weighted by atomic mass is 9.92. The Morgan fingerprint density at radius 3 is 2.68 bits per heavy atom. The van der Waals surface area contributed by atoms with Crippen molar-refractivity contribution in [2.45, 2.75) is 33.2 Å². The fraction of sp³-hybridized carbons (Fsp3) is 0.556. The summed E-state index contributed by atoms with van der Waals surface area (Å²) in [5.74, 6) is 1.66. The van der Waals surface area contributed by atoms with Crippen LogP contribution in [0.4, 0.5) is 11.9 Å². The molecule has 6 nitrogen and oxygen atoms in total. The molecular weight excluding hydrogens is 380 g/mol. The number of nitrogen functional groups attached to an aromatic ring is 1. The molecule has 1 aliphatic rings. The number of likely N-dealkylation sites (N-methyl/N-ethyl adjacent to an activating group) is 1. The minimum atomic E-state index is 0. The lowest BCUT2D eigenvalue weighted by molar-refractivity contribution is 0.160. The first-order valence-electron chi connectivity index (χ1n) is 8.40. The quantitative estimate of drug-likeness (QED) is 0.794. The fourth-order valence-corrected chi connectivity index (χ4v) is 3.76. The van der Waals surface area contributed by atoms with Gasteiger partial charge in [-0.25, -0.2) is 5.10 Å². The maximum Gasteiger partial charge on any atom is 0.246 e. The smallest absolute Gasteiger partial charge is 0.246 e. The number of aromatic amines is 1. The SMILES string of the molecule is C.CC1CN(c2n[nH]c(N)n2)CCC1N(C)CCc1ccc(Br)cc1. The molecule has 3 rings (SSSR count). The van der Waals surface area contributed by atoms with E-state index in [1.54, 1.807) is 0 Å². The van der Waals surface area contributed by atoms with Crippen LogP contribution < -0.4 is 10.6 Å². The van der Waals surface area contributed by atoms with Crippen molar-refractivity contribution in [3.8, 4) is 0 Å². The zero-order valence-electron chi connectivity index (χ0n) is 14.2. The number of rotatable bonds is 5. The van der Waals surface area contributed by atoms with E-state index in [0.29, 0.717) is 17.9 Å². The van der Waals surface area contributed by atoms with E-state index in [0.717, 1.165) is 42.9 Å². The Bertz CT molecular complexity index is 656. The molecule has 1 aromatic heterocycles. The number of benzene rings is 1. The van der Waals surface area contributed by atoms with Crippen LogP contribution in [-0.2, 0) is 6.42 Å². The Balaban J connectivity index is 0.00000225. The molecule has 1 aromatic carbocycles. The molecule has 2 heterocycles. The monoisotopic (exact) mass is 408 g/mol. The summed E-state index contributed by atoms with van der Waals surface area (Å²) in [6.45, 7) is 5.31. The summed E-state index contributed by atoms with van der Waals surface area (Å²) in [5, 5.41) is 6.89. The summed E-state index contributed by atoms with van der Waals surface area (Å²) in [7, 11) is 2.24. The molecule has 2 aromatic rings. The van der Waals surface area contributed by atoms with Crippen LogP contribution in [0.2, 0.25) is 0 Å². The van der Waals surface area contributed by atoms with Crippen LogP contribution in [0.15, 0.2) is 28.7 Å². The van der Waals surface area contributed by atoms with Crippen molar-refractivity contribution >= 4 is 27.8 Å². The van der Waals surface area contributed by atoms with E-state index in [2.05, 4.69) is 79.1 Å². The molecule has 2 atom stereocenters. The normalized spacial score (nSPS) is 20.6. The summed E-state index contributed by atoms with van der Waals surface area (Å²) in [6, 6.07) is 9.20. The van der Waals surface area contributed by atoms with Gasteiger partial charge in [-0.1, -0.05) is 42.4 Å². The van der Waals surface area contributed by atoms with Crippen LogP contribution >= 0.6 is 15.9 Å². The van der Waals surface area contributed by atoms with Crippen LogP contribution in [0, 0.1) is 5.92 Å². The topological polar surface area (TPSA) is 74.1 Å². The average molecular weight is 409 g/mol. The van der Waals surface area contributed by atoms with Gasteiger partial charge < -0.3 is 15.5 Å². The van der Waals surface area contributed by atoms with Crippen LogP contribution in [0.5, 0.6) is 0 Å². The van der Waals surface area contributed by atoms with Crippen molar-refractivity contribution in [3.05, 3.63) is 34.3 Å². The molecule has 138 valence electrons. The predicted octanol–water partition coefficient (Wildman–Crippen LogP) is 3.17. The number of aromatic nitrogens is 3. The summed E-state index contributed by atoms with van der Waals surface area (Å²) < 4.78 is 1.13. The lowest BCUT2D eigenvalue weighted by Gasteiger charge is -2.41. The van der Waals surface area contributed by atoms with Gasteiger partial charge in [-0.15, -0.1) is 5.10 Å². The van der Waals surface area contributed by atoms with Crippen LogP contribution in [-0.4, -0.2) is 52.8 Å². The van der Waals surface area contributed by atoms with Gasteiger partial charge in [-0.05, 0) is 43.5 Å². The maximum atomic E-state index is 5.63. The number of nitrogens with two attached hydrogens (primary N) is 1. The van der Waals surface area contributed by atoms with Gasteiger partial charge in [0.1, 0.15) is 0 Å². The highest BCUT2D eigenvalue weighted by atomic mass is 79.9. The lowest BCUT2D eigenvalue weighted by Crippen LogP contribution is -2.49. The Labute approximate surface area is 158 Å². The minimum Gasteiger partial charge on any atom is -0.368 e. The van der Waals surface area contributed by atoms with Crippen LogP contribution in [0.25, 0.3) is 0 Å². The number of nitrogens with zero attached hydrogens (tertiary/aromatic N) is 4. The number of anilines is 2. The summed E-state index contributed by atoms with van der Waals surface area (Å²) in [6.07, 6.45) is 2.20. The van der Waals surface area contributed by atoms with Gasteiger partial charge in [0.25, 0.3) is 0 Å². The van der Waals surface area contributed by atoms with E-state index in [-0.39, 0.29) is 7.43 Å². The van der Waals surface area contributed by atoms with Crippen molar-refractivity contribution in [3.63, 3.8) is 0 Å². The average Bonchev–Trinajstić information content (AvgIpc) is 3.00. The first-order chi connectivity index (χ1) is 11.5. The highest BCUT2D eigenvalue weighted by molar-refractivity contribution is 9.10. The first-order valence-corrected chi connectivity index (χ1v) is 9.19. The Kier molecular flexibility index (Phi) is 6.84. The van der Waals surface area contributed by atoms with Gasteiger partial charge >= 0.3 is 0 Å². The Morgan fingerprint density at radius 2 is 2.08 bits per heavy atom. The van der Waals surface area contributed by atoms with Gasteiger partial charge in [0.15, 0.2) is 0 Å². The second-order valence-corrected chi connectivity index (χ2v) is 7.57. The van der Waals surface area contributed by atoms with Gasteiger partial charge in [0, 0.05) is 30.1 Å². The highest BCUT2D eigenvalue weighted by Gasteiger charge is 2.30. The number of halogens is 1. The van der Waals surface area contributed by atoms with Gasteiger partial charge in [0.05, 0.1) is 0 Å². The van der Waals surface area contributed by atoms with E-state index >= 15 is 0 Å². The number of nitrogens with one attached hydrogen (secondary N) is 1. The molecule has 0 amide bonds. The van der Waals surface area contributed by atoms with Gasteiger partial charge in [-0.3, -0.25) is 0 Å². The number of H-pyrrole nitrogens is 1. The predicted molar refractivity (Wildman–Crippen MR) is 108 cm³/mol. The zero-order valence-corrected chi connectivity index (χ0v) is 15.8. The Morgan fingerprint density at radius 1 is 1.36 bits per heavy atom. The first kappa shape index (κ1) is 19.7. The van der Waals surface area contributed by atoms with E-state index in [9.17, 15) is 0 Å². The van der Waals surface area contributed by atoms with Crippen LogP contribution in [0.1, 0.15) is 26.3 Å². The van der Waals surface area contributed by atoms with E-state index in [4.69, 9.17) is 5.73 Å². The third-order valence-corrected chi connectivity index (χ3v) is 5.40. The fourth-order valence-electron chi connectivity index (χ4n) is 3.50. The summed E-state index contributed by atoms with van der Waals surface area (Å²) >= 11 is 3.49. The van der Waals surface area contributed by atoms with Gasteiger partial charge in [0.2, 0.25) is 11.9 Å². The molecular formula is C18H29BrN6. The third-order valence-electron chi connectivity index (χ3n) is 4.87. The van der Waals surface area contributed by atoms with Crippen LogP contribution in [0.3, 0.4) is 0 Å². The maximum absolute atomic E-state index is 5.63. The molecule has 0 aliphatic carbocycles. The van der Waals surface area contributed by atoms with Gasteiger partial charge in [-0.2, -0.15) is 4.98 Å². The molecule has 1 aliphatic heterocycles. The van der Waals surface area contributed by atoms with E-state index < -0.39 is 0 Å². The van der Waals surface area contributed by atoms with E-state index in [1.807, 2.05) is 0 Å². The second kappa shape index (κ2) is 8.67. The van der Waals surface area contributed by atoms with Crippen molar-refractivity contribution in [2.75, 3.05) is 37.3 Å². The molecule has 0 saturated carbocycles. The largest absolute Gasteiger partial charge is 0.368 e. The molecule has 1 saturated heterocycles. The zero-order chi connectivity index (χ0) is 17.1. The molecule has 0 bridgehead atoms. The molecule has 0 radical (unpaired) electrons. The molecule has 25 heavy (non-hydrogen) atoms. The molecule has 2 unspecified atom stereocenters. The van der Waals surface area contributed by atoms with E-state index in [1.165, 1.54) is 5.56 Å². The minimum absolute atomic E-state index is 0. The summed E-state index contributed by atoms with van der Waals surface area (Å²) in [4.78, 5) is 8.96. The second-order valence-electron chi connectivity index (χ2n) is 6.66. The number of hydrogen-bond acceptors (Lipinski definition) is 5. The summed E-state index contributed by atoms with van der Waals surface area (Å²) in [5.41, 5.74) is 7.01.